The maximum Gasteiger partial charge on any atom is 0.340 e. The second kappa shape index (κ2) is 5.58. The molecular formula is C11H9NO5. The van der Waals surface area contributed by atoms with Gasteiger partial charge in [-0.15, -0.1) is 0 Å². The number of benzene rings is 1. The van der Waals surface area contributed by atoms with Gasteiger partial charge in [0.05, 0.1) is 25.3 Å². The van der Waals surface area contributed by atoms with Crippen molar-refractivity contribution in [1.29, 1.82) is 0 Å². The van der Waals surface area contributed by atoms with E-state index in [2.05, 4.69) is 14.5 Å². The van der Waals surface area contributed by atoms with Crippen LogP contribution in [0.4, 0.5) is 5.69 Å². The Balaban J connectivity index is 3.47. The van der Waals surface area contributed by atoms with E-state index < -0.39 is 11.9 Å². The third-order valence-electron chi connectivity index (χ3n) is 2.00. The van der Waals surface area contributed by atoms with Gasteiger partial charge < -0.3 is 9.47 Å². The highest BCUT2D eigenvalue weighted by atomic mass is 16.5. The molecule has 17 heavy (non-hydrogen) atoms. The van der Waals surface area contributed by atoms with Crippen LogP contribution in [0, 0.1) is 0 Å². The first-order valence-electron chi connectivity index (χ1n) is 4.53. The van der Waals surface area contributed by atoms with Gasteiger partial charge in [0.1, 0.15) is 5.69 Å². The molecule has 0 aliphatic rings. The number of carbonyl (C=O) groups is 2. The molecule has 0 radical (unpaired) electrons. The van der Waals surface area contributed by atoms with Gasteiger partial charge in [0.25, 0.3) is 0 Å². The highest BCUT2D eigenvalue weighted by Gasteiger charge is 2.19. The van der Waals surface area contributed by atoms with Gasteiger partial charge >= 0.3 is 11.9 Å². The fourth-order valence-corrected chi connectivity index (χ4v) is 1.26. The van der Waals surface area contributed by atoms with E-state index in [1.54, 1.807) is 0 Å². The third-order valence-corrected chi connectivity index (χ3v) is 2.00. The Bertz CT molecular complexity index is 468. The minimum atomic E-state index is -0.704. The molecule has 0 atom stereocenters. The average Bonchev–Trinajstić information content (AvgIpc) is 2.37. The fourth-order valence-electron chi connectivity index (χ4n) is 1.26. The van der Waals surface area contributed by atoms with E-state index >= 15 is 0 Å². The SMILES string of the molecule is COC(=O)c1cccc(C(=O)OC)c1N=C=O. The van der Waals surface area contributed by atoms with Gasteiger partial charge in [0.15, 0.2) is 0 Å². The number of para-hydroxylation sites is 1. The van der Waals surface area contributed by atoms with Crippen LogP contribution in [0.5, 0.6) is 0 Å². The van der Waals surface area contributed by atoms with Gasteiger partial charge in [0, 0.05) is 0 Å². The first-order valence-corrected chi connectivity index (χ1v) is 4.53. The first kappa shape index (κ1) is 12.6. The van der Waals surface area contributed by atoms with Crippen molar-refractivity contribution in [3.8, 4) is 0 Å². The zero-order valence-electron chi connectivity index (χ0n) is 9.22. The van der Waals surface area contributed by atoms with Crippen LogP contribution in [0.1, 0.15) is 20.7 Å². The zero-order chi connectivity index (χ0) is 12.8. The lowest BCUT2D eigenvalue weighted by Crippen LogP contribution is -2.07. The Morgan fingerprint density at radius 2 is 1.59 bits per heavy atom. The molecule has 0 bridgehead atoms. The van der Waals surface area contributed by atoms with Gasteiger partial charge in [-0.25, -0.2) is 14.4 Å². The van der Waals surface area contributed by atoms with Crippen molar-refractivity contribution in [3.05, 3.63) is 29.3 Å². The van der Waals surface area contributed by atoms with Crippen molar-refractivity contribution in [3.63, 3.8) is 0 Å². The highest BCUT2D eigenvalue weighted by molar-refractivity contribution is 6.03. The van der Waals surface area contributed by atoms with Gasteiger partial charge in [-0.2, -0.15) is 4.99 Å². The van der Waals surface area contributed by atoms with Gasteiger partial charge in [0.2, 0.25) is 6.08 Å². The topological polar surface area (TPSA) is 82.0 Å². The molecule has 0 amide bonds. The molecule has 0 heterocycles. The standard InChI is InChI=1S/C11H9NO5/c1-16-10(14)7-4-3-5-8(11(15)17-2)9(7)12-6-13/h3-5H,1-2H3. The molecule has 0 aromatic heterocycles. The van der Waals surface area contributed by atoms with Gasteiger partial charge in [-0.1, -0.05) is 6.07 Å². The Labute approximate surface area is 96.9 Å². The molecule has 0 saturated carbocycles. The summed E-state index contributed by atoms with van der Waals surface area (Å²) < 4.78 is 9.02. The number of nitrogens with zero attached hydrogens (tertiary/aromatic N) is 1. The number of methoxy groups -OCH3 is 2. The molecule has 6 heteroatoms. The quantitative estimate of drug-likeness (QED) is 0.447. The van der Waals surface area contributed by atoms with Crippen LogP contribution in [-0.4, -0.2) is 32.2 Å². The van der Waals surface area contributed by atoms with E-state index in [0.717, 1.165) is 0 Å². The van der Waals surface area contributed by atoms with Crippen LogP contribution in [0.15, 0.2) is 23.2 Å². The normalized spacial score (nSPS) is 9.06. The Kier molecular flexibility index (Phi) is 4.14. The van der Waals surface area contributed by atoms with Crippen LogP contribution in [0.3, 0.4) is 0 Å². The summed E-state index contributed by atoms with van der Waals surface area (Å²) in [5.41, 5.74) is -0.112. The Hall–Kier alpha value is -2.46. The molecule has 0 fully saturated rings. The molecule has 0 aliphatic heterocycles. The minimum absolute atomic E-state index is 0.00116. The van der Waals surface area contributed by atoms with Crippen LogP contribution in [0.25, 0.3) is 0 Å². The second-order valence-electron chi connectivity index (χ2n) is 2.89. The van der Waals surface area contributed by atoms with E-state index in [-0.39, 0.29) is 16.8 Å². The smallest absolute Gasteiger partial charge is 0.340 e. The molecule has 0 aliphatic carbocycles. The van der Waals surface area contributed by atoms with Gasteiger partial charge in [-0.3, -0.25) is 0 Å². The minimum Gasteiger partial charge on any atom is -0.465 e. The molecule has 1 aromatic carbocycles. The molecule has 6 nitrogen and oxygen atoms in total. The molecule has 1 rings (SSSR count). The second-order valence-corrected chi connectivity index (χ2v) is 2.89. The fraction of sp³-hybridized carbons (Fsp3) is 0.182. The summed E-state index contributed by atoms with van der Waals surface area (Å²) in [5.74, 6) is -1.41. The average molecular weight is 235 g/mol. The largest absolute Gasteiger partial charge is 0.465 e. The van der Waals surface area contributed by atoms with E-state index in [9.17, 15) is 14.4 Å². The molecule has 1 aromatic rings. The van der Waals surface area contributed by atoms with Crippen molar-refractivity contribution in [1.82, 2.24) is 0 Å². The summed E-state index contributed by atoms with van der Waals surface area (Å²) >= 11 is 0. The number of aliphatic imine (C=N–C) groups is 1. The lowest BCUT2D eigenvalue weighted by atomic mass is 10.1. The number of rotatable bonds is 3. The van der Waals surface area contributed by atoms with Crippen LogP contribution in [0.2, 0.25) is 0 Å². The number of isocyanates is 1. The highest BCUT2D eigenvalue weighted by Crippen LogP contribution is 2.25. The van der Waals surface area contributed by atoms with Crippen molar-refractivity contribution < 1.29 is 23.9 Å². The van der Waals surface area contributed by atoms with Crippen molar-refractivity contribution in [2.24, 2.45) is 4.99 Å². The predicted octanol–water partition coefficient (Wildman–Crippen LogP) is 1.23. The number of esters is 2. The molecule has 0 saturated heterocycles. The maximum atomic E-state index is 11.4. The number of carbonyl (C=O) groups excluding carboxylic acids is 3. The molecular weight excluding hydrogens is 226 g/mol. The summed E-state index contributed by atoms with van der Waals surface area (Å²) in [6.45, 7) is 0. The summed E-state index contributed by atoms with van der Waals surface area (Å²) in [6, 6.07) is 4.23. The van der Waals surface area contributed by atoms with E-state index in [1.807, 2.05) is 0 Å². The molecule has 0 spiro atoms. The maximum absolute atomic E-state index is 11.4. The summed E-state index contributed by atoms with van der Waals surface area (Å²) in [6.07, 6.45) is 1.28. The Morgan fingerprint density at radius 1 is 1.12 bits per heavy atom. The molecule has 88 valence electrons. The lowest BCUT2D eigenvalue weighted by molar-refractivity contribution is 0.0601. The number of hydrogen-bond donors (Lipinski definition) is 0. The van der Waals surface area contributed by atoms with Crippen LogP contribution in [-0.2, 0) is 14.3 Å². The monoisotopic (exact) mass is 235 g/mol. The number of hydrogen-bond acceptors (Lipinski definition) is 6. The molecule has 0 N–H and O–H groups in total. The van der Waals surface area contributed by atoms with Gasteiger partial charge in [-0.05, 0) is 12.1 Å². The lowest BCUT2D eigenvalue weighted by Gasteiger charge is -2.06. The summed E-state index contributed by atoms with van der Waals surface area (Å²) in [7, 11) is 2.36. The summed E-state index contributed by atoms with van der Waals surface area (Å²) in [4.78, 5) is 36.5. The van der Waals surface area contributed by atoms with E-state index in [4.69, 9.17) is 0 Å². The van der Waals surface area contributed by atoms with E-state index in [1.165, 1.54) is 38.5 Å². The molecule has 0 unspecified atom stereocenters. The third kappa shape index (κ3) is 2.56. The summed E-state index contributed by atoms with van der Waals surface area (Å²) in [5, 5.41) is 0. The predicted molar refractivity (Wildman–Crippen MR) is 56.9 cm³/mol. The van der Waals surface area contributed by atoms with Crippen LogP contribution >= 0.6 is 0 Å². The van der Waals surface area contributed by atoms with Crippen molar-refractivity contribution in [2.45, 2.75) is 0 Å². The van der Waals surface area contributed by atoms with Crippen molar-refractivity contribution in [2.75, 3.05) is 14.2 Å². The van der Waals surface area contributed by atoms with Crippen LogP contribution < -0.4 is 0 Å². The Morgan fingerprint density at radius 3 is 1.94 bits per heavy atom. The first-order chi connectivity index (χ1) is 8.15. The van der Waals surface area contributed by atoms with E-state index in [0.29, 0.717) is 0 Å². The number of ether oxygens (including phenoxy) is 2. The zero-order valence-corrected chi connectivity index (χ0v) is 9.22. The van der Waals surface area contributed by atoms with Crippen molar-refractivity contribution >= 4 is 23.7 Å².